The maximum Gasteiger partial charge on any atom is 0.203 e. The minimum Gasteiger partial charge on any atom is -0.381 e. The number of rotatable bonds is 5. The summed E-state index contributed by atoms with van der Waals surface area (Å²) in [6.45, 7) is 0.683. The highest BCUT2D eigenvalue weighted by atomic mass is 16.3. The largest absolute Gasteiger partial charge is 0.381 e. The van der Waals surface area contributed by atoms with Crippen LogP contribution >= 0.6 is 0 Å². The standard InChI is InChI=1S/C16H16N2O/c17-11-15(16(19)14-9-5-2-6-10-14)18-12-13-7-3-1-4-8-13/h1-10,15-16,18-19H,12H2/p+1/t15-,16-/m1/s1. The van der Waals surface area contributed by atoms with Crippen LogP contribution in [0.3, 0.4) is 0 Å². The molecular formula is C16H17N2O+. The molecule has 2 aromatic rings. The van der Waals surface area contributed by atoms with Crippen molar-refractivity contribution in [3.05, 3.63) is 71.8 Å². The van der Waals surface area contributed by atoms with Crippen molar-refractivity contribution in [3.63, 3.8) is 0 Å². The van der Waals surface area contributed by atoms with Gasteiger partial charge in [0, 0.05) is 5.56 Å². The van der Waals surface area contributed by atoms with Crippen molar-refractivity contribution in [2.75, 3.05) is 0 Å². The summed E-state index contributed by atoms with van der Waals surface area (Å²) in [4.78, 5) is 0. The minimum absolute atomic E-state index is 0.498. The van der Waals surface area contributed by atoms with Gasteiger partial charge in [0.05, 0.1) is 0 Å². The van der Waals surface area contributed by atoms with Gasteiger partial charge >= 0.3 is 0 Å². The Bertz CT molecular complexity index is 534. The van der Waals surface area contributed by atoms with E-state index in [0.29, 0.717) is 6.54 Å². The van der Waals surface area contributed by atoms with Gasteiger partial charge in [0.15, 0.2) is 0 Å². The third-order valence-corrected chi connectivity index (χ3v) is 3.08. The van der Waals surface area contributed by atoms with Crippen molar-refractivity contribution >= 4 is 0 Å². The molecule has 0 bridgehead atoms. The number of hydrogen-bond acceptors (Lipinski definition) is 2. The van der Waals surface area contributed by atoms with E-state index in [1.165, 1.54) is 0 Å². The molecule has 0 aliphatic rings. The summed E-state index contributed by atoms with van der Waals surface area (Å²) < 4.78 is 0. The van der Waals surface area contributed by atoms with Crippen molar-refractivity contribution < 1.29 is 10.4 Å². The topological polar surface area (TPSA) is 60.6 Å². The highest BCUT2D eigenvalue weighted by Crippen LogP contribution is 2.13. The quantitative estimate of drug-likeness (QED) is 0.845. The zero-order valence-electron chi connectivity index (χ0n) is 10.6. The normalized spacial score (nSPS) is 13.5. The Hall–Kier alpha value is -2.15. The van der Waals surface area contributed by atoms with Crippen molar-refractivity contribution in [1.29, 1.82) is 5.26 Å². The molecule has 0 unspecified atom stereocenters. The lowest BCUT2D eigenvalue weighted by molar-refractivity contribution is -0.700. The summed E-state index contributed by atoms with van der Waals surface area (Å²) in [5.74, 6) is 0. The van der Waals surface area contributed by atoms with Crippen LogP contribution in [0.1, 0.15) is 17.2 Å². The van der Waals surface area contributed by atoms with Crippen molar-refractivity contribution in [2.24, 2.45) is 0 Å². The van der Waals surface area contributed by atoms with E-state index < -0.39 is 12.1 Å². The summed E-state index contributed by atoms with van der Waals surface area (Å²) in [7, 11) is 0. The molecule has 2 rings (SSSR count). The Morgan fingerprint density at radius 2 is 1.58 bits per heavy atom. The highest BCUT2D eigenvalue weighted by Gasteiger charge is 2.23. The highest BCUT2D eigenvalue weighted by molar-refractivity contribution is 5.20. The average Bonchev–Trinajstić information content (AvgIpc) is 2.49. The first-order valence-corrected chi connectivity index (χ1v) is 6.31. The molecule has 2 atom stereocenters. The Labute approximate surface area is 113 Å². The SMILES string of the molecule is N#C[C@@H]([NH2+]Cc1ccccc1)[C@H](O)c1ccccc1. The Morgan fingerprint density at radius 1 is 1.00 bits per heavy atom. The van der Waals surface area contributed by atoms with Crippen LogP contribution in [0.2, 0.25) is 0 Å². The van der Waals surface area contributed by atoms with Crippen LogP contribution in [0.5, 0.6) is 0 Å². The molecule has 0 spiro atoms. The minimum atomic E-state index is -0.769. The molecule has 0 aromatic heterocycles. The molecule has 0 aliphatic carbocycles. The molecule has 0 fully saturated rings. The smallest absolute Gasteiger partial charge is 0.203 e. The van der Waals surface area contributed by atoms with Crippen LogP contribution in [0, 0.1) is 11.3 Å². The maximum atomic E-state index is 10.2. The first-order valence-electron chi connectivity index (χ1n) is 6.31. The molecule has 96 valence electrons. The molecule has 3 nitrogen and oxygen atoms in total. The summed E-state index contributed by atoms with van der Waals surface area (Å²) >= 11 is 0. The number of aliphatic hydroxyl groups excluding tert-OH is 1. The lowest BCUT2D eigenvalue weighted by Gasteiger charge is -2.15. The van der Waals surface area contributed by atoms with Crippen LogP contribution in [0.25, 0.3) is 0 Å². The second-order valence-electron chi connectivity index (χ2n) is 4.44. The van der Waals surface area contributed by atoms with E-state index in [0.717, 1.165) is 11.1 Å². The number of benzene rings is 2. The fourth-order valence-corrected chi connectivity index (χ4v) is 1.99. The molecule has 19 heavy (non-hydrogen) atoms. The monoisotopic (exact) mass is 253 g/mol. The number of quaternary nitrogens is 1. The van der Waals surface area contributed by atoms with Crippen LogP contribution in [0.4, 0.5) is 0 Å². The predicted molar refractivity (Wildman–Crippen MR) is 72.9 cm³/mol. The van der Waals surface area contributed by atoms with Gasteiger partial charge in [0.1, 0.15) is 18.7 Å². The number of nitriles is 1. The van der Waals surface area contributed by atoms with Gasteiger partial charge in [-0.1, -0.05) is 60.7 Å². The lowest BCUT2D eigenvalue weighted by Crippen LogP contribution is -2.89. The predicted octanol–water partition coefficient (Wildman–Crippen LogP) is 1.38. The van der Waals surface area contributed by atoms with Gasteiger partial charge in [-0.3, -0.25) is 0 Å². The molecule has 0 aliphatic heterocycles. The fourth-order valence-electron chi connectivity index (χ4n) is 1.99. The first kappa shape index (κ1) is 13.3. The van der Waals surface area contributed by atoms with E-state index in [9.17, 15) is 10.4 Å². The Balaban J connectivity index is 1.99. The fraction of sp³-hybridized carbons (Fsp3) is 0.188. The first-order chi connectivity index (χ1) is 9.31. The molecule has 2 aromatic carbocycles. The second-order valence-corrected chi connectivity index (χ2v) is 4.44. The summed E-state index contributed by atoms with van der Waals surface area (Å²) in [6.07, 6.45) is -0.769. The van der Waals surface area contributed by atoms with E-state index >= 15 is 0 Å². The number of aliphatic hydroxyl groups is 1. The average molecular weight is 253 g/mol. The second kappa shape index (κ2) is 6.69. The van der Waals surface area contributed by atoms with Gasteiger partial charge in [-0.25, -0.2) is 0 Å². The summed E-state index contributed by atoms with van der Waals surface area (Å²) in [5, 5.41) is 21.3. The van der Waals surface area contributed by atoms with Gasteiger partial charge in [0.25, 0.3) is 0 Å². The third kappa shape index (κ3) is 3.65. The molecular weight excluding hydrogens is 236 g/mol. The molecule has 0 saturated carbocycles. The molecule has 0 radical (unpaired) electrons. The number of hydrogen-bond donors (Lipinski definition) is 2. The van der Waals surface area contributed by atoms with Gasteiger partial charge in [-0.05, 0) is 5.56 Å². The van der Waals surface area contributed by atoms with Crippen molar-refractivity contribution in [2.45, 2.75) is 18.7 Å². The summed E-state index contributed by atoms with van der Waals surface area (Å²) in [6, 6.07) is 20.9. The van der Waals surface area contributed by atoms with Gasteiger partial charge in [-0.2, -0.15) is 5.26 Å². The van der Waals surface area contributed by atoms with Crippen molar-refractivity contribution in [1.82, 2.24) is 0 Å². The zero-order valence-corrected chi connectivity index (χ0v) is 10.6. The number of nitrogens with two attached hydrogens (primary N) is 1. The third-order valence-electron chi connectivity index (χ3n) is 3.08. The van der Waals surface area contributed by atoms with Crippen LogP contribution in [0.15, 0.2) is 60.7 Å². The molecule has 3 N–H and O–H groups in total. The van der Waals surface area contributed by atoms with Gasteiger partial charge in [0.2, 0.25) is 6.04 Å². The lowest BCUT2D eigenvalue weighted by atomic mass is 10.0. The van der Waals surface area contributed by atoms with Gasteiger partial charge < -0.3 is 10.4 Å². The van der Waals surface area contributed by atoms with E-state index in [-0.39, 0.29) is 0 Å². The van der Waals surface area contributed by atoms with Crippen molar-refractivity contribution in [3.8, 4) is 6.07 Å². The van der Waals surface area contributed by atoms with Gasteiger partial charge in [-0.15, -0.1) is 0 Å². The Kier molecular flexibility index (Phi) is 4.68. The van der Waals surface area contributed by atoms with E-state index in [4.69, 9.17) is 0 Å². The van der Waals surface area contributed by atoms with Crippen LogP contribution in [-0.2, 0) is 6.54 Å². The van der Waals surface area contributed by atoms with Crippen LogP contribution in [-0.4, -0.2) is 11.1 Å². The van der Waals surface area contributed by atoms with E-state index in [1.807, 2.05) is 66.0 Å². The van der Waals surface area contributed by atoms with E-state index in [1.54, 1.807) is 0 Å². The molecule has 0 saturated heterocycles. The number of nitrogens with zero attached hydrogens (tertiary/aromatic N) is 1. The molecule has 3 heteroatoms. The summed E-state index contributed by atoms with van der Waals surface area (Å²) in [5.41, 5.74) is 1.92. The molecule has 0 amide bonds. The molecule has 0 heterocycles. The van der Waals surface area contributed by atoms with Crippen LogP contribution < -0.4 is 5.32 Å². The van der Waals surface area contributed by atoms with E-state index in [2.05, 4.69) is 6.07 Å². The zero-order chi connectivity index (χ0) is 13.5. The Morgan fingerprint density at radius 3 is 2.16 bits per heavy atom. The maximum absolute atomic E-state index is 10.2.